The maximum absolute atomic E-state index is 10.3. The lowest BCUT2D eigenvalue weighted by Crippen LogP contribution is -2.35. The van der Waals surface area contributed by atoms with Crippen molar-refractivity contribution in [2.75, 3.05) is 6.54 Å². The highest BCUT2D eigenvalue weighted by molar-refractivity contribution is 5.17. The van der Waals surface area contributed by atoms with Crippen LogP contribution in [-0.2, 0) is 5.60 Å². The van der Waals surface area contributed by atoms with E-state index in [1.807, 2.05) is 13.8 Å². The Kier molecular flexibility index (Phi) is 3.78. The van der Waals surface area contributed by atoms with Crippen LogP contribution in [-0.4, -0.2) is 22.7 Å². The van der Waals surface area contributed by atoms with Gasteiger partial charge >= 0.3 is 0 Å². The van der Waals surface area contributed by atoms with Crippen LogP contribution in [0, 0.1) is 6.92 Å². The van der Waals surface area contributed by atoms with Crippen LogP contribution < -0.4 is 5.32 Å². The summed E-state index contributed by atoms with van der Waals surface area (Å²) in [5.41, 5.74) is -0.195. The maximum Gasteiger partial charge on any atom is 0.199 e. The minimum atomic E-state index is -0.888. The van der Waals surface area contributed by atoms with Gasteiger partial charge in [0.15, 0.2) is 5.89 Å². The summed E-state index contributed by atoms with van der Waals surface area (Å²) in [7, 11) is 0. The van der Waals surface area contributed by atoms with Crippen LogP contribution in [0.1, 0.15) is 63.3 Å². The molecule has 0 saturated carbocycles. The summed E-state index contributed by atoms with van der Waals surface area (Å²) >= 11 is 0. The van der Waals surface area contributed by atoms with Gasteiger partial charge in [-0.25, -0.2) is 4.98 Å². The number of piperidine rings is 1. The molecule has 2 N–H and O–H groups in total. The van der Waals surface area contributed by atoms with E-state index in [2.05, 4.69) is 17.2 Å². The van der Waals surface area contributed by atoms with Crippen molar-refractivity contribution in [1.82, 2.24) is 10.3 Å². The predicted octanol–water partition coefficient (Wildman–Crippen LogP) is 2.46. The number of nitrogens with one attached hydrogen (secondary N) is 1. The van der Waals surface area contributed by atoms with Crippen molar-refractivity contribution in [3.8, 4) is 0 Å². The molecule has 1 aliphatic rings. The molecule has 0 aromatic carbocycles. The van der Waals surface area contributed by atoms with Crippen molar-refractivity contribution in [2.45, 2.75) is 64.5 Å². The zero-order valence-electron chi connectivity index (χ0n) is 11.8. The van der Waals surface area contributed by atoms with Crippen molar-refractivity contribution >= 4 is 0 Å². The average molecular weight is 252 g/mol. The van der Waals surface area contributed by atoms with Crippen LogP contribution in [0.2, 0.25) is 0 Å². The SMILES string of the molecule is CC[C@](C)(O)c1nc(C2CC[C@@H](C)NC2)oc1C. The molecule has 0 amide bonds. The first-order chi connectivity index (χ1) is 8.44. The van der Waals surface area contributed by atoms with Gasteiger partial charge in [0.1, 0.15) is 17.1 Å². The van der Waals surface area contributed by atoms with Crippen LogP contribution in [0.4, 0.5) is 0 Å². The van der Waals surface area contributed by atoms with E-state index in [0.717, 1.165) is 31.0 Å². The van der Waals surface area contributed by atoms with Gasteiger partial charge in [-0.1, -0.05) is 6.92 Å². The Hall–Kier alpha value is -0.870. The van der Waals surface area contributed by atoms with Gasteiger partial charge in [-0.3, -0.25) is 0 Å². The maximum atomic E-state index is 10.3. The molecular formula is C14H24N2O2. The van der Waals surface area contributed by atoms with Gasteiger partial charge < -0.3 is 14.8 Å². The molecule has 2 rings (SSSR count). The zero-order valence-corrected chi connectivity index (χ0v) is 11.8. The first kappa shape index (κ1) is 13.6. The molecule has 18 heavy (non-hydrogen) atoms. The summed E-state index contributed by atoms with van der Waals surface area (Å²) in [6.45, 7) is 8.74. The topological polar surface area (TPSA) is 58.3 Å². The Morgan fingerprint density at radius 3 is 2.78 bits per heavy atom. The lowest BCUT2D eigenvalue weighted by Gasteiger charge is -2.25. The molecule has 0 spiro atoms. The second kappa shape index (κ2) is 5.02. The van der Waals surface area contributed by atoms with Crippen LogP contribution >= 0.6 is 0 Å². The molecule has 0 bridgehead atoms. The predicted molar refractivity (Wildman–Crippen MR) is 70.5 cm³/mol. The summed E-state index contributed by atoms with van der Waals surface area (Å²) in [4.78, 5) is 4.54. The Morgan fingerprint density at radius 1 is 1.50 bits per heavy atom. The number of aliphatic hydroxyl groups is 1. The number of hydrogen-bond donors (Lipinski definition) is 2. The van der Waals surface area contributed by atoms with E-state index in [4.69, 9.17) is 4.42 Å². The second-order valence-corrected chi connectivity index (χ2v) is 5.67. The summed E-state index contributed by atoms with van der Waals surface area (Å²) in [6.07, 6.45) is 2.88. The molecule has 2 heterocycles. The molecule has 1 aromatic heterocycles. The summed E-state index contributed by atoms with van der Waals surface area (Å²) in [6, 6.07) is 0.579. The molecule has 4 heteroatoms. The van der Waals surface area contributed by atoms with Gasteiger partial charge in [0.25, 0.3) is 0 Å². The van der Waals surface area contributed by atoms with E-state index in [9.17, 15) is 5.11 Å². The van der Waals surface area contributed by atoms with Crippen molar-refractivity contribution in [1.29, 1.82) is 0 Å². The molecule has 4 nitrogen and oxygen atoms in total. The number of aryl methyl sites for hydroxylation is 1. The molecule has 3 atom stereocenters. The number of aromatic nitrogens is 1. The molecule has 0 radical (unpaired) electrons. The van der Waals surface area contributed by atoms with Gasteiger partial charge in [-0.05, 0) is 40.0 Å². The number of oxazole rings is 1. The van der Waals surface area contributed by atoms with Gasteiger partial charge in [0.2, 0.25) is 0 Å². The first-order valence-electron chi connectivity index (χ1n) is 6.87. The smallest absolute Gasteiger partial charge is 0.199 e. The molecular weight excluding hydrogens is 228 g/mol. The lowest BCUT2D eigenvalue weighted by molar-refractivity contribution is 0.0475. The number of hydrogen-bond acceptors (Lipinski definition) is 4. The molecule has 1 fully saturated rings. The highest BCUT2D eigenvalue weighted by atomic mass is 16.4. The Bertz CT molecular complexity index is 404. The van der Waals surface area contributed by atoms with Crippen LogP contribution in [0.3, 0.4) is 0 Å². The van der Waals surface area contributed by atoms with E-state index < -0.39 is 5.60 Å². The summed E-state index contributed by atoms with van der Waals surface area (Å²) in [5.74, 6) is 1.85. The van der Waals surface area contributed by atoms with Gasteiger partial charge in [0, 0.05) is 18.5 Å². The fourth-order valence-electron chi connectivity index (χ4n) is 2.47. The average Bonchev–Trinajstić information content (AvgIpc) is 2.73. The third-order valence-electron chi connectivity index (χ3n) is 4.02. The fourth-order valence-corrected chi connectivity index (χ4v) is 2.47. The highest BCUT2D eigenvalue weighted by Gasteiger charge is 2.31. The molecule has 1 aliphatic heterocycles. The van der Waals surface area contributed by atoms with E-state index in [1.165, 1.54) is 0 Å². The minimum absolute atomic E-state index is 0.335. The largest absolute Gasteiger partial charge is 0.445 e. The van der Waals surface area contributed by atoms with Crippen LogP contribution in [0.5, 0.6) is 0 Å². The van der Waals surface area contributed by atoms with Crippen molar-refractivity contribution < 1.29 is 9.52 Å². The van der Waals surface area contributed by atoms with Crippen LogP contribution in [0.15, 0.2) is 4.42 Å². The normalized spacial score (nSPS) is 28.1. The highest BCUT2D eigenvalue weighted by Crippen LogP contribution is 2.31. The molecule has 1 unspecified atom stereocenters. The lowest BCUT2D eigenvalue weighted by atomic mass is 9.95. The molecule has 1 aromatic rings. The summed E-state index contributed by atoms with van der Waals surface area (Å²) in [5, 5.41) is 13.7. The Labute approximate surface area is 109 Å². The molecule has 1 saturated heterocycles. The Morgan fingerprint density at radius 2 is 2.22 bits per heavy atom. The van der Waals surface area contributed by atoms with Gasteiger partial charge in [0.05, 0.1) is 0 Å². The van der Waals surface area contributed by atoms with Gasteiger partial charge in [-0.2, -0.15) is 0 Å². The monoisotopic (exact) mass is 252 g/mol. The van der Waals surface area contributed by atoms with E-state index >= 15 is 0 Å². The van der Waals surface area contributed by atoms with Crippen molar-refractivity contribution in [3.05, 3.63) is 17.3 Å². The van der Waals surface area contributed by atoms with Crippen molar-refractivity contribution in [2.24, 2.45) is 0 Å². The zero-order chi connectivity index (χ0) is 13.3. The third-order valence-corrected chi connectivity index (χ3v) is 4.02. The fraction of sp³-hybridized carbons (Fsp3) is 0.786. The second-order valence-electron chi connectivity index (χ2n) is 5.67. The number of rotatable bonds is 3. The minimum Gasteiger partial charge on any atom is -0.445 e. The van der Waals surface area contributed by atoms with Crippen molar-refractivity contribution in [3.63, 3.8) is 0 Å². The van der Waals surface area contributed by atoms with E-state index in [-0.39, 0.29) is 0 Å². The van der Waals surface area contributed by atoms with Gasteiger partial charge in [-0.15, -0.1) is 0 Å². The number of nitrogens with zero attached hydrogens (tertiary/aromatic N) is 1. The molecule has 102 valence electrons. The Balaban J connectivity index is 2.19. The van der Waals surface area contributed by atoms with Crippen LogP contribution in [0.25, 0.3) is 0 Å². The summed E-state index contributed by atoms with van der Waals surface area (Å²) < 4.78 is 5.77. The molecule has 0 aliphatic carbocycles. The first-order valence-corrected chi connectivity index (χ1v) is 6.87. The standard InChI is InChI=1S/C14H24N2O2/c1-5-14(4,17)12-10(3)18-13(16-12)11-7-6-9(2)15-8-11/h9,11,15,17H,5-8H2,1-4H3/t9-,11?,14+/m1/s1. The van der Waals surface area contributed by atoms with E-state index in [0.29, 0.717) is 24.1 Å². The quantitative estimate of drug-likeness (QED) is 0.867. The van der Waals surface area contributed by atoms with E-state index in [1.54, 1.807) is 6.92 Å². The third kappa shape index (κ3) is 2.59.